The van der Waals surface area contributed by atoms with E-state index in [1.165, 1.54) is 0 Å². The Kier molecular flexibility index (Phi) is 5.32. The highest BCUT2D eigenvalue weighted by Gasteiger charge is 2.08. The van der Waals surface area contributed by atoms with Gasteiger partial charge in [-0.05, 0) is 24.6 Å². The van der Waals surface area contributed by atoms with Gasteiger partial charge in [-0.3, -0.25) is 14.2 Å². The third kappa shape index (κ3) is 3.73. The van der Waals surface area contributed by atoms with Gasteiger partial charge in [-0.1, -0.05) is 22.0 Å². The molecule has 2 rings (SSSR count). The molecule has 0 unspecified atom stereocenters. The van der Waals surface area contributed by atoms with E-state index in [9.17, 15) is 14.4 Å². The first-order valence-corrected chi connectivity index (χ1v) is 7.62. The zero-order valence-corrected chi connectivity index (χ0v) is 13.5. The van der Waals surface area contributed by atoms with Gasteiger partial charge in [-0.15, -0.1) is 6.58 Å². The van der Waals surface area contributed by atoms with E-state index in [1.54, 1.807) is 24.3 Å². The van der Waals surface area contributed by atoms with Gasteiger partial charge in [-0.25, -0.2) is 4.79 Å². The van der Waals surface area contributed by atoms with Gasteiger partial charge in [0.1, 0.15) is 0 Å². The molecule has 0 aliphatic carbocycles. The Bertz CT molecular complexity index is 823. The highest BCUT2D eigenvalue weighted by Crippen LogP contribution is 2.14. The maximum absolute atomic E-state index is 12.4. The van der Waals surface area contributed by atoms with E-state index in [2.05, 4.69) is 32.8 Å². The fourth-order valence-electron chi connectivity index (χ4n) is 2.10. The lowest BCUT2D eigenvalue weighted by molar-refractivity contribution is -0.121. The summed E-state index contributed by atoms with van der Waals surface area (Å²) in [7, 11) is 0. The van der Waals surface area contributed by atoms with Crippen LogP contribution in [-0.2, 0) is 11.3 Å². The molecular formula is C15H16BrN3O3. The van der Waals surface area contributed by atoms with E-state index in [0.717, 1.165) is 9.04 Å². The molecule has 1 aromatic carbocycles. The van der Waals surface area contributed by atoms with Crippen LogP contribution in [0.2, 0.25) is 0 Å². The van der Waals surface area contributed by atoms with Crippen LogP contribution >= 0.6 is 15.9 Å². The number of carbonyl (C=O) groups excluding carboxylic acids is 1. The van der Waals surface area contributed by atoms with Crippen LogP contribution in [0.1, 0.15) is 12.8 Å². The molecule has 22 heavy (non-hydrogen) atoms. The second-order valence-corrected chi connectivity index (χ2v) is 5.69. The van der Waals surface area contributed by atoms with Crippen molar-refractivity contribution in [3.05, 3.63) is 56.2 Å². The van der Waals surface area contributed by atoms with Crippen molar-refractivity contribution in [1.82, 2.24) is 14.9 Å². The molecule has 1 aromatic heterocycles. The highest BCUT2D eigenvalue weighted by molar-refractivity contribution is 9.10. The Morgan fingerprint density at radius 3 is 2.91 bits per heavy atom. The largest absolute Gasteiger partial charge is 0.353 e. The summed E-state index contributed by atoms with van der Waals surface area (Å²) >= 11 is 3.30. The van der Waals surface area contributed by atoms with E-state index in [1.807, 2.05) is 0 Å². The number of hydrogen-bond donors (Lipinski definition) is 2. The van der Waals surface area contributed by atoms with E-state index in [-0.39, 0.29) is 24.4 Å². The number of nitrogens with one attached hydrogen (secondary N) is 2. The number of fused-ring (bicyclic) bond motifs is 1. The van der Waals surface area contributed by atoms with Crippen LogP contribution in [0.25, 0.3) is 10.9 Å². The smallest absolute Gasteiger partial charge is 0.328 e. The molecule has 0 saturated carbocycles. The SMILES string of the molecule is C=CCNC(=O)CCCn1c(=O)[nH]c2ccc(Br)cc2c1=O. The third-order valence-corrected chi connectivity index (χ3v) is 3.67. The molecule has 0 aliphatic rings. The van der Waals surface area contributed by atoms with Gasteiger partial charge in [0.2, 0.25) is 5.91 Å². The first-order valence-electron chi connectivity index (χ1n) is 6.83. The van der Waals surface area contributed by atoms with Crippen LogP contribution < -0.4 is 16.6 Å². The number of aromatic amines is 1. The Morgan fingerprint density at radius 2 is 2.18 bits per heavy atom. The molecular weight excluding hydrogens is 350 g/mol. The average Bonchev–Trinajstić information content (AvgIpc) is 2.49. The second-order valence-electron chi connectivity index (χ2n) is 4.77. The first kappa shape index (κ1) is 16.2. The lowest BCUT2D eigenvalue weighted by atomic mass is 10.2. The summed E-state index contributed by atoms with van der Waals surface area (Å²) in [5.74, 6) is -0.132. The van der Waals surface area contributed by atoms with E-state index >= 15 is 0 Å². The quantitative estimate of drug-likeness (QED) is 0.761. The van der Waals surface area contributed by atoms with Crippen LogP contribution in [0.15, 0.2) is 44.9 Å². The van der Waals surface area contributed by atoms with Gasteiger partial charge < -0.3 is 10.3 Å². The maximum atomic E-state index is 12.4. The number of nitrogens with zero attached hydrogens (tertiary/aromatic N) is 1. The summed E-state index contributed by atoms with van der Waals surface area (Å²) in [5.41, 5.74) is -0.323. The standard InChI is InChI=1S/C15H16BrN3O3/c1-2-7-17-13(20)4-3-8-19-14(21)11-9-10(16)5-6-12(11)18-15(19)22/h2,5-6,9H,1,3-4,7-8H2,(H,17,20)(H,18,22). The minimum Gasteiger partial charge on any atom is -0.353 e. The monoisotopic (exact) mass is 365 g/mol. The van der Waals surface area contributed by atoms with Gasteiger partial charge >= 0.3 is 5.69 Å². The number of amides is 1. The molecule has 116 valence electrons. The highest BCUT2D eigenvalue weighted by atomic mass is 79.9. The number of halogens is 1. The number of aromatic nitrogens is 2. The molecule has 2 aromatic rings. The predicted molar refractivity (Wildman–Crippen MR) is 89.0 cm³/mol. The molecule has 1 heterocycles. The number of H-pyrrole nitrogens is 1. The lowest BCUT2D eigenvalue weighted by Crippen LogP contribution is -2.35. The molecule has 0 saturated heterocycles. The van der Waals surface area contributed by atoms with Gasteiger partial charge in [0.25, 0.3) is 5.56 Å². The summed E-state index contributed by atoms with van der Waals surface area (Å²) in [6.07, 6.45) is 2.25. The van der Waals surface area contributed by atoms with Crippen LogP contribution in [-0.4, -0.2) is 22.0 Å². The molecule has 6 nitrogen and oxygen atoms in total. The summed E-state index contributed by atoms with van der Waals surface area (Å²) in [6, 6.07) is 5.10. The van der Waals surface area contributed by atoms with Gasteiger partial charge in [0.05, 0.1) is 10.9 Å². The average molecular weight is 366 g/mol. The summed E-state index contributed by atoms with van der Waals surface area (Å²) in [6.45, 7) is 4.11. The Hall–Kier alpha value is -2.15. The molecule has 7 heteroatoms. The number of hydrogen-bond acceptors (Lipinski definition) is 3. The fraction of sp³-hybridized carbons (Fsp3) is 0.267. The minimum absolute atomic E-state index is 0.132. The van der Waals surface area contributed by atoms with Crippen LogP contribution in [0.4, 0.5) is 0 Å². The Balaban J connectivity index is 2.18. The molecule has 2 N–H and O–H groups in total. The van der Waals surface area contributed by atoms with Crippen molar-refractivity contribution in [3.8, 4) is 0 Å². The minimum atomic E-state index is -0.466. The fourth-order valence-corrected chi connectivity index (χ4v) is 2.46. The molecule has 0 spiro atoms. The van der Waals surface area contributed by atoms with Crippen molar-refractivity contribution in [2.45, 2.75) is 19.4 Å². The first-order chi connectivity index (χ1) is 10.5. The Labute approximate surface area is 135 Å². The third-order valence-electron chi connectivity index (χ3n) is 3.17. The van der Waals surface area contributed by atoms with Crippen molar-refractivity contribution < 1.29 is 4.79 Å². The van der Waals surface area contributed by atoms with Crippen molar-refractivity contribution >= 4 is 32.7 Å². The lowest BCUT2D eigenvalue weighted by Gasteiger charge is -2.07. The van der Waals surface area contributed by atoms with E-state index < -0.39 is 5.69 Å². The van der Waals surface area contributed by atoms with Crippen LogP contribution in [0.3, 0.4) is 0 Å². The molecule has 0 aliphatic heterocycles. The van der Waals surface area contributed by atoms with Crippen LogP contribution in [0.5, 0.6) is 0 Å². The van der Waals surface area contributed by atoms with Crippen molar-refractivity contribution in [3.63, 3.8) is 0 Å². The maximum Gasteiger partial charge on any atom is 0.328 e. The molecule has 0 fully saturated rings. The molecule has 1 amide bonds. The normalized spacial score (nSPS) is 10.6. The van der Waals surface area contributed by atoms with Gasteiger partial charge in [0.15, 0.2) is 0 Å². The van der Waals surface area contributed by atoms with Crippen molar-refractivity contribution in [2.24, 2.45) is 0 Å². The molecule has 0 atom stereocenters. The number of rotatable bonds is 6. The zero-order valence-electron chi connectivity index (χ0n) is 11.9. The summed E-state index contributed by atoms with van der Waals surface area (Å²) in [5, 5.41) is 3.08. The van der Waals surface area contributed by atoms with Gasteiger partial charge in [0, 0.05) is 24.0 Å². The van der Waals surface area contributed by atoms with Crippen molar-refractivity contribution in [1.29, 1.82) is 0 Å². The molecule has 0 radical (unpaired) electrons. The molecule has 0 bridgehead atoms. The van der Waals surface area contributed by atoms with E-state index in [0.29, 0.717) is 23.9 Å². The Morgan fingerprint density at radius 1 is 1.41 bits per heavy atom. The number of carbonyl (C=O) groups is 1. The van der Waals surface area contributed by atoms with E-state index in [4.69, 9.17) is 0 Å². The van der Waals surface area contributed by atoms with Crippen LogP contribution in [0, 0.1) is 0 Å². The predicted octanol–water partition coefficient (Wildman–Crippen LogP) is 1.53. The zero-order chi connectivity index (χ0) is 16.1. The van der Waals surface area contributed by atoms with Crippen molar-refractivity contribution in [2.75, 3.05) is 6.54 Å². The summed E-state index contributed by atoms with van der Waals surface area (Å²) in [4.78, 5) is 38.5. The topological polar surface area (TPSA) is 84.0 Å². The number of benzene rings is 1. The van der Waals surface area contributed by atoms with Gasteiger partial charge in [-0.2, -0.15) is 0 Å². The summed E-state index contributed by atoms with van der Waals surface area (Å²) < 4.78 is 1.88. The second kappa shape index (κ2) is 7.22.